The van der Waals surface area contributed by atoms with Crippen molar-refractivity contribution in [2.45, 2.75) is 12.2 Å². The number of anilines is 1. The molecule has 1 aromatic carbocycles. The smallest absolute Gasteiger partial charge is 0.394 e. The zero-order chi connectivity index (χ0) is 11.8. The van der Waals surface area contributed by atoms with Crippen molar-refractivity contribution < 1.29 is 22.0 Å². The number of benzene rings is 1. The van der Waals surface area contributed by atoms with Gasteiger partial charge in [-0.15, -0.1) is 0 Å². The molecule has 15 heavy (non-hydrogen) atoms. The molecule has 0 heterocycles. The third-order valence-electron chi connectivity index (χ3n) is 1.81. The molecular formula is C8H7F5N2. The molecule has 2 nitrogen and oxygen atoms in total. The van der Waals surface area contributed by atoms with Gasteiger partial charge in [-0.05, 0) is 17.7 Å². The molecule has 4 N–H and O–H groups in total. The summed E-state index contributed by atoms with van der Waals surface area (Å²) in [7, 11) is 0. The topological polar surface area (TPSA) is 52.0 Å². The van der Waals surface area contributed by atoms with Crippen LogP contribution in [0.25, 0.3) is 0 Å². The Labute approximate surface area is 81.7 Å². The summed E-state index contributed by atoms with van der Waals surface area (Å²) in [5.41, 5.74) is 8.12. The molecule has 1 rings (SSSR count). The Bertz CT molecular complexity index is 351. The van der Waals surface area contributed by atoms with Gasteiger partial charge in [-0.25, -0.2) is 8.78 Å². The minimum absolute atomic E-state index is 0.469. The summed E-state index contributed by atoms with van der Waals surface area (Å²) >= 11 is 0. The number of rotatable bonds is 1. The second-order valence-corrected chi connectivity index (χ2v) is 2.92. The van der Waals surface area contributed by atoms with Gasteiger partial charge in [0.1, 0.15) is 23.4 Å². The van der Waals surface area contributed by atoms with E-state index in [4.69, 9.17) is 11.5 Å². The summed E-state index contributed by atoms with van der Waals surface area (Å²) in [4.78, 5) is 0. The molecule has 84 valence electrons. The Kier molecular flexibility index (Phi) is 2.85. The largest absolute Gasteiger partial charge is 0.407 e. The Morgan fingerprint density at radius 1 is 1.07 bits per heavy atom. The summed E-state index contributed by atoms with van der Waals surface area (Å²) in [6.07, 6.45) is -4.75. The van der Waals surface area contributed by atoms with E-state index in [0.29, 0.717) is 12.1 Å². The number of halogens is 5. The number of nitrogen functional groups attached to an aromatic ring is 1. The highest BCUT2D eigenvalue weighted by Gasteiger charge is 2.38. The van der Waals surface area contributed by atoms with Crippen LogP contribution in [0.2, 0.25) is 0 Å². The van der Waals surface area contributed by atoms with Crippen LogP contribution in [0.4, 0.5) is 27.6 Å². The zero-order valence-corrected chi connectivity index (χ0v) is 7.28. The van der Waals surface area contributed by atoms with Gasteiger partial charge < -0.3 is 11.5 Å². The van der Waals surface area contributed by atoms with Gasteiger partial charge in [0.2, 0.25) is 0 Å². The van der Waals surface area contributed by atoms with Gasteiger partial charge in [0.05, 0.1) is 0 Å². The van der Waals surface area contributed by atoms with Crippen molar-refractivity contribution in [3.05, 3.63) is 29.3 Å². The number of alkyl halides is 3. The molecule has 0 fully saturated rings. The molecule has 0 saturated carbocycles. The molecule has 0 spiro atoms. The number of nitrogens with two attached hydrogens (primary N) is 2. The van der Waals surface area contributed by atoms with Gasteiger partial charge in [0.15, 0.2) is 0 Å². The molecular weight excluding hydrogens is 219 g/mol. The molecule has 0 aromatic heterocycles. The molecule has 0 aliphatic rings. The van der Waals surface area contributed by atoms with Crippen molar-refractivity contribution in [1.82, 2.24) is 0 Å². The van der Waals surface area contributed by atoms with Crippen LogP contribution in [0, 0.1) is 11.6 Å². The third kappa shape index (κ3) is 2.35. The first-order chi connectivity index (χ1) is 6.73. The molecule has 0 unspecified atom stereocenters. The van der Waals surface area contributed by atoms with E-state index in [2.05, 4.69) is 0 Å². The first-order valence-corrected chi connectivity index (χ1v) is 3.80. The Morgan fingerprint density at radius 3 is 1.80 bits per heavy atom. The molecule has 0 amide bonds. The van der Waals surface area contributed by atoms with E-state index in [-0.39, 0.29) is 0 Å². The minimum atomic E-state index is -4.75. The van der Waals surface area contributed by atoms with Gasteiger partial charge in [0.25, 0.3) is 0 Å². The Balaban J connectivity index is 3.17. The summed E-state index contributed by atoms with van der Waals surface area (Å²) in [5, 5.41) is 0. The molecule has 7 heteroatoms. The number of hydrogen-bond donors (Lipinski definition) is 2. The Hall–Kier alpha value is -1.37. The molecule has 0 aliphatic carbocycles. The molecule has 0 saturated heterocycles. The Morgan fingerprint density at radius 2 is 1.47 bits per heavy atom. The van der Waals surface area contributed by atoms with E-state index in [9.17, 15) is 22.0 Å². The van der Waals surface area contributed by atoms with Crippen LogP contribution in [0.3, 0.4) is 0 Å². The van der Waals surface area contributed by atoms with Gasteiger partial charge in [-0.1, -0.05) is 0 Å². The van der Waals surface area contributed by atoms with Crippen molar-refractivity contribution in [2.24, 2.45) is 5.73 Å². The van der Waals surface area contributed by atoms with E-state index in [1.807, 2.05) is 0 Å². The van der Waals surface area contributed by atoms with Crippen LogP contribution >= 0.6 is 0 Å². The maximum atomic E-state index is 12.8. The quantitative estimate of drug-likeness (QED) is 0.569. The van der Waals surface area contributed by atoms with E-state index < -0.39 is 35.1 Å². The average Bonchev–Trinajstić information content (AvgIpc) is 2.10. The highest BCUT2D eigenvalue weighted by molar-refractivity contribution is 5.44. The van der Waals surface area contributed by atoms with Crippen molar-refractivity contribution in [3.63, 3.8) is 0 Å². The molecule has 0 radical (unpaired) electrons. The lowest BCUT2D eigenvalue weighted by Gasteiger charge is -2.16. The van der Waals surface area contributed by atoms with E-state index in [1.165, 1.54) is 0 Å². The maximum Gasteiger partial charge on any atom is 0.407 e. The first kappa shape index (κ1) is 11.7. The first-order valence-electron chi connectivity index (χ1n) is 3.80. The molecule has 0 bridgehead atoms. The van der Waals surface area contributed by atoms with Crippen LogP contribution in [0.1, 0.15) is 11.6 Å². The normalized spacial score (nSPS) is 14.0. The van der Waals surface area contributed by atoms with E-state index in [1.54, 1.807) is 0 Å². The average molecular weight is 226 g/mol. The number of hydrogen-bond acceptors (Lipinski definition) is 2. The van der Waals surface area contributed by atoms with Gasteiger partial charge >= 0.3 is 6.18 Å². The molecule has 1 aromatic rings. The summed E-state index contributed by atoms with van der Waals surface area (Å²) in [6, 6.07) is -1.49. The summed E-state index contributed by atoms with van der Waals surface area (Å²) in [5.74, 6) is -2.52. The van der Waals surface area contributed by atoms with Crippen LogP contribution in [-0.2, 0) is 0 Å². The van der Waals surface area contributed by atoms with Gasteiger partial charge in [0, 0.05) is 0 Å². The second kappa shape index (κ2) is 3.65. The lowest BCUT2D eigenvalue weighted by Crippen LogP contribution is -2.28. The van der Waals surface area contributed by atoms with Gasteiger partial charge in [-0.2, -0.15) is 13.2 Å². The van der Waals surface area contributed by atoms with Crippen LogP contribution in [0.5, 0.6) is 0 Å². The fraction of sp³-hybridized carbons (Fsp3) is 0.250. The zero-order valence-electron chi connectivity index (χ0n) is 7.28. The van der Waals surface area contributed by atoms with Crippen molar-refractivity contribution in [2.75, 3.05) is 5.73 Å². The highest BCUT2D eigenvalue weighted by Crippen LogP contribution is 2.32. The van der Waals surface area contributed by atoms with Crippen LogP contribution in [0.15, 0.2) is 12.1 Å². The van der Waals surface area contributed by atoms with Crippen molar-refractivity contribution in [3.8, 4) is 0 Å². The standard InChI is InChI=1S/C8H7F5N2/c9-4-1-3(2-5(10)6(4)14)7(15)8(11,12)13/h1-2,7H,14-15H2/t7-/m0/s1. The third-order valence-corrected chi connectivity index (χ3v) is 1.81. The van der Waals surface area contributed by atoms with Crippen LogP contribution in [-0.4, -0.2) is 6.18 Å². The van der Waals surface area contributed by atoms with E-state index >= 15 is 0 Å². The second-order valence-electron chi connectivity index (χ2n) is 2.92. The van der Waals surface area contributed by atoms with Crippen molar-refractivity contribution in [1.29, 1.82) is 0 Å². The monoisotopic (exact) mass is 226 g/mol. The summed E-state index contributed by atoms with van der Waals surface area (Å²) < 4.78 is 61.9. The van der Waals surface area contributed by atoms with Crippen LogP contribution < -0.4 is 11.5 Å². The predicted molar refractivity (Wildman–Crippen MR) is 43.8 cm³/mol. The van der Waals surface area contributed by atoms with E-state index in [0.717, 1.165) is 0 Å². The summed E-state index contributed by atoms with van der Waals surface area (Å²) in [6.45, 7) is 0. The molecule has 1 atom stereocenters. The fourth-order valence-corrected chi connectivity index (χ4v) is 0.972. The fourth-order valence-electron chi connectivity index (χ4n) is 0.972. The lowest BCUT2D eigenvalue weighted by atomic mass is 10.1. The highest BCUT2D eigenvalue weighted by atomic mass is 19.4. The predicted octanol–water partition coefficient (Wildman–Crippen LogP) is 2.11. The minimum Gasteiger partial charge on any atom is -0.394 e. The lowest BCUT2D eigenvalue weighted by molar-refractivity contribution is -0.149. The molecule has 0 aliphatic heterocycles. The maximum absolute atomic E-state index is 12.8. The van der Waals surface area contributed by atoms with Crippen molar-refractivity contribution >= 4 is 5.69 Å². The van der Waals surface area contributed by atoms with Gasteiger partial charge in [-0.3, -0.25) is 0 Å². The SMILES string of the molecule is Nc1c(F)cc([C@H](N)C(F)(F)F)cc1F.